The van der Waals surface area contributed by atoms with Gasteiger partial charge in [-0.05, 0) is 32.8 Å². The number of aryl methyl sites for hydroxylation is 1. The van der Waals surface area contributed by atoms with Crippen LogP contribution in [-0.2, 0) is 4.74 Å². The van der Waals surface area contributed by atoms with E-state index in [-0.39, 0.29) is 12.0 Å². The molecule has 0 aliphatic carbocycles. The minimum atomic E-state index is -0.306. The molecular weight excluding hydrogens is 252 g/mol. The Kier molecular flexibility index (Phi) is 6.22. The van der Waals surface area contributed by atoms with Gasteiger partial charge in [0.15, 0.2) is 5.69 Å². The van der Waals surface area contributed by atoms with Crippen molar-refractivity contribution in [2.45, 2.75) is 46.6 Å². The Balaban J connectivity index is 3.00. The lowest BCUT2D eigenvalue weighted by atomic mass is 10.1. The number of aromatic nitrogens is 2. The molecule has 1 heterocycles. The maximum atomic E-state index is 12.2. The van der Waals surface area contributed by atoms with E-state index in [4.69, 9.17) is 4.74 Å². The molecule has 0 spiro atoms. The molecule has 0 amide bonds. The van der Waals surface area contributed by atoms with E-state index in [1.807, 2.05) is 31.4 Å². The number of carbonyl (C=O) groups is 1. The molecule has 0 fully saturated rings. The van der Waals surface area contributed by atoms with Crippen molar-refractivity contribution in [1.82, 2.24) is 9.55 Å². The van der Waals surface area contributed by atoms with Crippen LogP contribution in [0.5, 0.6) is 0 Å². The first kappa shape index (κ1) is 16.2. The van der Waals surface area contributed by atoms with Crippen molar-refractivity contribution >= 4 is 5.97 Å². The van der Waals surface area contributed by atoms with Crippen LogP contribution < -0.4 is 0 Å². The fourth-order valence-corrected chi connectivity index (χ4v) is 2.07. The number of hydrogen-bond acceptors (Lipinski definition) is 3. The summed E-state index contributed by atoms with van der Waals surface area (Å²) in [4.78, 5) is 16.4. The lowest BCUT2D eigenvalue weighted by Crippen LogP contribution is -2.17. The number of imidazole rings is 1. The molecule has 20 heavy (non-hydrogen) atoms. The van der Waals surface area contributed by atoms with Gasteiger partial charge in [0.1, 0.15) is 0 Å². The second-order valence-electron chi connectivity index (χ2n) is 4.74. The Hall–Kier alpha value is -1.84. The summed E-state index contributed by atoms with van der Waals surface area (Å²) in [5.41, 5.74) is 2.26. The van der Waals surface area contributed by atoms with E-state index in [1.165, 1.54) is 0 Å². The van der Waals surface area contributed by atoms with Crippen molar-refractivity contribution in [3.8, 4) is 0 Å². The van der Waals surface area contributed by atoms with Crippen LogP contribution in [-0.4, -0.2) is 22.1 Å². The third kappa shape index (κ3) is 3.59. The maximum Gasteiger partial charge on any atom is 0.356 e. The zero-order valence-corrected chi connectivity index (χ0v) is 12.8. The number of unbranched alkanes of at least 4 members (excludes halogenated alkanes) is 1. The molecule has 4 nitrogen and oxygen atoms in total. The highest BCUT2D eigenvalue weighted by Crippen LogP contribution is 2.22. The van der Waals surface area contributed by atoms with Gasteiger partial charge in [-0.2, -0.15) is 0 Å². The molecule has 110 valence electrons. The van der Waals surface area contributed by atoms with Crippen molar-refractivity contribution in [3.05, 3.63) is 42.0 Å². The number of allylic oxidation sites excluding steroid dienone is 3. The minimum Gasteiger partial charge on any atom is -0.461 e. The fourth-order valence-electron chi connectivity index (χ4n) is 2.07. The van der Waals surface area contributed by atoms with Gasteiger partial charge in [-0.3, -0.25) is 0 Å². The maximum absolute atomic E-state index is 12.2. The average Bonchev–Trinajstić information content (AvgIpc) is 2.82. The van der Waals surface area contributed by atoms with Crippen LogP contribution >= 0.6 is 0 Å². The van der Waals surface area contributed by atoms with Crippen LogP contribution in [0.3, 0.4) is 0 Å². The van der Waals surface area contributed by atoms with Crippen LogP contribution in [0.25, 0.3) is 0 Å². The van der Waals surface area contributed by atoms with Gasteiger partial charge >= 0.3 is 5.97 Å². The van der Waals surface area contributed by atoms with Crippen LogP contribution in [0.15, 0.2) is 30.6 Å². The van der Waals surface area contributed by atoms with Crippen LogP contribution in [0.1, 0.15) is 55.8 Å². The third-order valence-corrected chi connectivity index (χ3v) is 3.37. The molecule has 0 saturated carbocycles. The highest BCUT2D eigenvalue weighted by molar-refractivity contribution is 5.88. The first-order valence-electron chi connectivity index (χ1n) is 7.05. The van der Waals surface area contributed by atoms with Crippen molar-refractivity contribution in [1.29, 1.82) is 0 Å². The molecule has 1 atom stereocenters. The monoisotopic (exact) mass is 276 g/mol. The zero-order valence-electron chi connectivity index (χ0n) is 12.8. The van der Waals surface area contributed by atoms with Crippen molar-refractivity contribution in [3.63, 3.8) is 0 Å². The van der Waals surface area contributed by atoms with Crippen molar-refractivity contribution < 1.29 is 9.53 Å². The summed E-state index contributed by atoms with van der Waals surface area (Å²) in [5, 5.41) is 0. The average molecular weight is 276 g/mol. The van der Waals surface area contributed by atoms with Crippen LogP contribution in [0, 0.1) is 6.92 Å². The van der Waals surface area contributed by atoms with E-state index in [0.29, 0.717) is 18.0 Å². The smallest absolute Gasteiger partial charge is 0.356 e. The molecule has 0 saturated heterocycles. The topological polar surface area (TPSA) is 44.1 Å². The molecule has 0 bridgehead atoms. The standard InChI is InChI=1S/C16H24N2O2/c1-6-9-10-20-16(19)15-12(4)17-11-18(15)13(5)14(7-2)8-3/h7-8,11,13H,2,6,9-10H2,1,3-5H3/b14-8+/t13-/m1/s1. The molecule has 4 heteroatoms. The molecule has 0 N–H and O–H groups in total. The molecule has 1 rings (SSSR count). The normalized spacial score (nSPS) is 13.1. The van der Waals surface area contributed by atoms with Crippen LogP contribution in [0.2, 0.25) is 0 Å². The molecule has 0 aromatic carbocycles. The van der Waals surface area contributed by atoms with Gasteiger partial charge in [0.25, 0.3) is 0 Å². The Morgan fingerprint density at radius 1 is 1.60 bits per heavy atom. The number of nitrogens with zero attached hydrogens (tertiary/aromatic N) is 2. The summed E-state index contributed by atoms with van der Waals surface area (Å²) in [7, 11) is 0. The predicted molar refractivity (Wildman–Crippen MR) is 80.8 cm³/mol. The SMILES string of the molecule is C=C/C(=C\C)[C@@H](C)n1cnc(C)c1C(=O)OCCCC. The summed E-state index contributed by atoms with van der Waals surface area (Å²) in [6, 6.07) is 0.00688. The summed E-state index contributed by atoms with van der Waals surface area (Å²) < 4.78 is 7.15. The number of ether oxygens (including phenoxy) is 1. The van der Waals surface area contributed by atoms with Gasteiger partial charge in [-0.1, -0.05) is 32.1 Å². The second-order valence-corrected chi connectivity index (χ2v) is 4.74. The number of carbonyl (C=O) groups excluding carboxylic acids is 1. The Morgan fingerprint density at radius 2 is 2.30 bits per heavy atom. The van der Waals surface area contributed by atoms with Gasteiger partial charge in [-0.25, -0.2) is 9.78 Å². The lowest BCUT2D eigenvalue weighted by Gasteiger charge is -2.17. The van der Waals surface area contributed by atoms with E-state index >= 15 is 0 Å². The molecule has 1 aromatic heterocycles. The van der Waals surface area contributed by atoms with E-state index < -0.39 is 0 Å². The molecule has 0 aliphatic rings. The Labute approximate surface area is 121 Å². The van der Waals surface area contributed by atoms with Gasteiger partial charge in [-0.15, -0.1) is 0 Å². The van der Waals surface area contributed by atoms with Gasteiger partial charge in [0, 0.05) is 0 Å². The second kappa shape index (κ2) is 7.68. The summed E-state index contributed by atoms with van der Waals surface area (Å²) in [6.07, 6.45) is 7.34. The number of rotatable bonds is 7. The van der Waals surface area contributed by atoms with Gasteiger partial charge in [0.2, 0.25) is 0 Å². The highest BCUT2D eigenvalue weighted by Gasteiger charge is 2.21. The van der Waals surface area contributed by atoms with Crippen molar-refractivity contribution in [2.75, 3.05) is 6.61 Å². The predicted octanol–water partition coefficient (Wildman–Crippen LogP) is 3.84. The lowest BCUT2D eigenvalue weighted by molar-refractivity contribution is 0.0485. The third-order valence-electron chi connectivity index (χ3n) is 3.37. The van der Waals surface area contributed by atoms with Gasteiger partial charge < -0.3 is 9.30 Å². The molecular formula is C16H24N2O2. The first-order valence-corrected chi connectivity index (χ1v) is 7.05. The van der Waals surface area contributed by atoms with Gasteiger partial charge in [0.05, 0.1) is 24.7 Å². The quantitative estimate of drug-likeness (QED) is 0.432. The first-order chi connectivity index (χ1) is 9.56. The molecule has 1 aromatic rings. The fraction of sp³-hybridized carbons (Fsp3) is 0.500. The van der Waals surface area contributed by atoms with E-state index in [0.717, 1.165) is 18.4 Å². The number of esters is 1. The highest BCUT2D eigenvalue weighted by atomic mass is 16.5. The summed E-state index contributed by atoms with van der Waals surface area (Å²) in [5.74, 6) is -0.306. The Morgan fingerprint density at radius 3 is 2.85 bits per heavy atom. The molecule has 0 aliphatic heterocycles. The van der Waals surface area contributed by atoms with Crippen LogP contribution in [0.4, 0.5) is 0 Å². The largest absolute Gasteiger partial charge is 0.461 e. The number of hydrogen-bond donors (Lipinski definition) is 0. The minimum absolute atomic E-state index is 0.00688. The zero-order chi connectivity index (χ0) is 15.1. The molecule has 0 unspecified atom stereocenters. The van der Waals surface area contributed by atoms with E-state index in [9.17, 15) is 4.79 Å². The Bertz CT molecular complexity index is 501. The molecule has 0 radical (unpaired) electrons. The van der Waals surface area contributed by atoms with Crippen molar-refractivity contribution in [2.24, 2.45) is 0 Å². The summed E-state index contributed by atoms with van der Waals surface area (Å²) in [6.45, 7) is 12.1. The van der Waals surface area contributed by atoms with E-state index in [1.54, 1.807) is 12.4 Å². The summed E-state index contributed by atoms with van der Waals surface area (Å²) >= 11 is 0. The van der Waals surface area contributed by atoms with E-state index in [2.05, 4.69) is 18.5 Å².